The SMILES string of the molecule is Cc1cc(F)ccc1S(=O)(=O)N1C[C@@H](O)C[C@H]1C(=O)O. The van der Waals surface area contributed by atoms with E-state index in [9.17, 15) is 22.7 Å². The van der Waals surface area contributed by atoms with Crippen LogP contribution >= 0.6 is 0 Å². The molecule has 2 atom stereocenters. The van der Waals surface area contributed by atoms with Gasteiger partial charge in [-0.1, -0.05) is 0 Å². The number of aliphatic hydroxyl groups is 1. The van der Waals surface area contributed by atoms with Gasteiger partial charge in [0.1, 0.15) is 11.9 Å². The second-order valence-corrected chi connectivity index (χ2v) is 6.59. The third-order valence-electron chi connectivity index (χ3n) is 3.24. The van der Waals surface area contributed by atoms with Crippen LogP contribution in [0.3, 0.4) is 0 Å². The number of nitrogens with zero attached hydrogens (tertiary/aromatic N) is 1. The van der Waals surface area contributed by atoms with E-state index >= 15 is 0 Å². The molecule has 20 heavy (non-hydrogen) atoms. The molecule has 1 aliphatic heterocycles. The summed E-state index contributed by atoms with van der Waals surface area (Å²) in [6.07, 6.45) is -1.18. The highest BCUT2D eigenvalue weighted by Gasteiger charge is 2.43. The summed E-state index contributed by atoms with van der Waals surface area (Å²) in [5.41, 5.74) is 0.190. The molecule has 1 fully saturated rings. The number of aliphatic hydroxyl groups excluding tert-OH is 1. The number of rotatable bonds is 3. The zero-order chi connectivity index (χ0) is 15.1. The number of aryl methyl sites for hydroxylation is 1. The van der Waals surface area contributed by atoms with Crippen molar-refractivity contribution in [1.29, 1.82) is 0 Å². The molecular weight excluding hydrogens is 289 g/mol. The molecule has 110 valence electrons. The Hall–Kier alpha value is -1.51. The van der Waals surface area contributed by atoms with Gasteiger partial charge < -0.3 is 10.2 Å². The van der Waals surface area contributed by atoms with Gasteiger partial charge >= 0.3 is 5.97 Å². The Kier molecular flexibility index (Phi) is 3.81. The Labute approximate surface area is 115 Å². The zero-order valence-corrected chi connectivity index (χ0v) is 11.5. The van der Waals surface area contributed by atoms with E-state index < -0.39 is 34.0 Å². The maximum absolute atomic E-state index is 13.0. The molecule has 0 aliphatic carbocycles. The van der Waals surface area contributed by atoms with Gasteiger partial charge in [0.05, 0.1) is 11.0 Å². The van der Waals surface area contributed by atoms with Crippen molar-refractivity contribution in [3.8, 4) is 0 Å². The lowest BCUT2D eigenvalue weighted by Crippen LogP contribution is -2.40. The molecular formula is C12H14FNO5S. The Morgan fingerprint density at radius 1 is 1.45 bits per heavy atom. The number of hydrogen-bond donors (Lipinski definition) is 2. The second-order valence-electron chi connectivity index (χ2n) is 4.73. The molecule has 1 aromatic rings. The standard InChI is InChI=1S/C12H14FNO5S/c1-7-4-8(13)2-3-11(7)20(18,19)14-6-9(15)5-10(14)12(16)17/h2-4,9-10,15H,5-6H2,1H3,(H,16,17)/t9-,10-/m0/s1. The van der Waals surface area contributed by atoms with E-state index in [-0.39, 0.29) is 23.4 Å². The lowest BCUT2D eigenvalue weighted by molar-refractivity contribution is -0.140. The maximum atomic E-state index is 13.0. The molecule has 8 heteroatoms. The monoisotopic (exact) mass is 303 g/mol. The first-order valence-corrected chi connectivity index (χ1v) is 7.36. The summed E-state index contributed by atoms with van der Waals surface area (Å²) in [6, 6.07) is 1.86. The molecule has 0 radical (unpaired) electrons. The van der Waals surface area contributed by atoms with Crippen molar-refractivity contribution in [3.63, 3.8) is 0 Å². The van der Waals surface area contributed by atoms with Crippen LogP contribution in [0.2, 0.25) is 0 Å². The molecule has 0 unspecified atom stereocenters. The van der Waals surface area contributed by atoms with Crippen LogP contribution in [0, 0.1) is 12.7 Å². The largest absolute Gasteiger partial charge is 0.480 e. The van der Waals surface area contributed by atoms with Crippen molar-refractivity contribution in [1.82, 2.24) is 4.31 Å². The fourth-order valence-corrected chi connectivity index (χ4v) is 4.14. The average Bonchev–Trinajstić information content (AvgIpc) is 2.71. The molecule has 2 rings (SSSR count). The maximum Gasteiger partial charge on any atom is 0.322 e. The van der Waals surface area contributed by atoms with Crippen LogP contribution in [0.1, 0.15) is 12.0 Å². The van der Waals surface area contributed by atoms with Crippen LogP contribution in [0.5, 0.6) is 0 Å². The van der Waals surface area contributed by atoms with Crippen LogP contribution in [-0.4, -0.2) is 47.6 Å². The number of carbonyl (C=O) groups is 1. The smallest absolute Gasteiger partial charge is 0.322 e. The normalized spacial score (nSPS) is 23.9. The quantitative estimate of drug-likeness (QED) is 0.840. The highest BCUT2D eigenvalue weighted by Crippen LogP contribution is 2.28. The second kappa shape index (κ2) is 5.12. The fourth-order valence-electron chi connectivity index (χ4n) is 2.30. The van der Waals surface area contributed by atoms with E-state index in [1.807, 2.05) is 0 Å². The first kappa shape index (κ1) is 14.9. The summed E-state index contributed by atoms with van der Waals surface area (Å²) in [6.45, 7) is 1.15. The number of carboxylic acids is 1. The number of sulfonamides is 1. The van der Waals surface area contributed by atoms with E-state index in [1.165, 1.54) is 6.92 Å². The van der Waals surface area contributed by atoms with Crippen molar-refractivity contribution in [3.05, 3.63) is 29.6 Å². The Balaban J connectivity index is 2.46. The predicted molar refractivity (Wildman–Crippen MR) is 67.1 cm³/mol. The van der Waals surface area contributed by atoms with Crippen LogP contribution in [0.15, 0.2) is 23.1 Å². The highest BCUT2D eigenvalue weighted by atomic mass is 32.2. The molecule has 1 saturated heterocycles. The predicted octanol–water partition coefficient (Wildman–Crippen LogP) is 0.343. The van der Waals surface area contributed by atoms with Crippen LogP contribution in [0.25, 0.3) is 0 Å². The van der Waals surface area contributed by atoms with E-state index in [4.69, 9.17) is 5.11 Å². The minimum Gasteiger partial charge on any atom is -0.480 e. The van der Waals surface area contributed by atoms with E-state index in [1.54, 1.807) is 0 Å². The van der Waals surface area contributed by atoms with Crippen LogP contribution in [0.4, 0.5) is 4.39 Å². The first-order valence-electron chi connectivity index (χ1n) is 5.92. The lowest BCUT2D eigenvalue weighted by Gasteiger charge is -2.21. The molecule has 6 nitrogen and oxygen atoms in total. The van der Waals surface area contributed by atoms with E-state index in [0.29, 0.717) is 0 Å². The summed E-state index contributed by atoms with van der Waals surface area (Å²) in [4.78, 5) is 10.9. The van der Waals surface area contributed by atoms with Crippen molar-refractivity contribution >= 4 is 16.0 Å². The van der Waals surface area contributed by atoms with E-state index in [2.05, 4.69) is 0 Å². The van der Waals surface area contributed by atoms with Gasteiger partial charge in [-0.25, -0.2) is 12.8 Å². The topological polar surface area (TPSA) is 94.9 Å². The average molecular weight is 303 g/mol. The lowest BCUT2D eigenvalue weighted by atomic mass is 10.2. The van der Waals surface area contributed by atoms with Gasteiger partial charge in [0.15, 0.2) is 0 Å². The molecule has 0 saturated carbocycles. The van der Waals surface area contributed by atoms with Gasteiger partial charge in [-0.15, -0.1) is 0 Å². The first-order chi connectivity index (χ1) is 9.23. The van der Waals surface area contributed by atoms with Crippen molar-refractivity contribution < 1.29 is 27.8 Å². The van der Waals surface area contributed by atoms with Crippen LogP contribution in [-0.2, 0) is 14.8 Å². The Morgan fingerprint density at radius 2 is 2.10 bits per heavy atom. The minimum absolute atomic E-state index is 0.153. The molecule has 1 aromatic carbocycles. The Morgan fingerprint density at radius 3 is 2.65 bits per heavy atom. The molecule has 0 spiro atoms. The minimum atomic E-state index is -4.09. The molecule has 1 heterocycles. The van der Waals surface area contributed by atoms with Gasteiger partial charge in [-0.3, -0.25) is 4.79 Å². The molecule has 0 bridgehead atoms. The fraction of sp³-hybridized carbons (Fsp3) is 0.417. The summed E-state index contributed by atoms with van der Waals surface area (Å²) < 4.78 is 38.7. The number of β-amino-alcohol motifs (C(OH)–C–C–N with tert-alkyl or cyclic N) is 1. The van der Waals surface area contributed by atoms with Crippen molar-refractivity contribution in [2.45, 2.75) is 30.4 Å². The molecule has 0 aromatic heterocycles. The van der Waals surface area contributed by atoms with Gasteiger partial charge in [-0.05, 0) is 30.7 Å². The molecule has 1 aliphatic rings. The summed E-state index contributed by atoms with van der Waals surface area (Å²) >= 11 is 0. The van der Waals surface area contributed by atoms with Crippen LogP contribution < -0.4 is 0 Å². The highest BCUT2D eigenvalue weighted by molar-refractivity contribution is 7.89. The number of benzene rings is 1. The number of hydrogen-bond acceptors (Lipinski definition) is 4. The van der Waals surface area contributed by atoms with Gasteiger partial charge in [0.2, 0.25) is 10.0 Å². The van der Waals surface area contributed by atoms with Crippen molar-refractivity contribution in [2.75, 3.05) is 6.54 Å². The van der Waals surface area contributed by atoms with Crippen molar-refractivity contribution in [2.24, 2.45) is 0 Å². The number of halogens is 1. The molecule has 2 N–H and O–H groups in total. The summed E-state index contributed by atoms with van der Waals surface area (Å²) in [7, 11) is -4.09. The summed E-state index contributed by atoms with van der Waals surface area (Å²) in [5.74, 6) is -1.89. The van der Waals surface area contributed by atoms with Gasteiger partial charge in [-0.2, -0.15) is 4.31 Å². The van der Waals surface area contributed by atoms with Gasteiger partial charge in [0.25, 0.3) is 0 Å². The molecule has 0 amide bonds. The third-order valence-corrected chi connectivity index (χ3v) is 5.28. The van der Waals surface area contributed by atoms with E-state index in [0.717, 1.165) is 22.5 Å². The Bertz CT molecular complexity index is 645. The number of aliphatic carboxylic acids is 1. The zero-order valence-electron chi connectivity index (χ0n) is 10.7. The summed E-state index contributed by atoms with van der Waals surface area (Å²) in [5, 5.41) is 18.6. The van der Waals surface area contributed by atoms with Gasteiger partial charge in [0, 0.05) is 13.0 Å². The number of carboxylic acid groups (broad SMARTS) is 1. The third kappa shape index (κ3) is 2.54.